The second-order valence-electron chi connectivity index (χ2n) is 7.16. The monoisotopic (exact) mass is 355 g/mol. The lowest BCUT2D eigenvalue weighted by Gasteiger charge is -2.32. The van der Waals surface area contributed by atoms with Crippen molar-refractivity contribution in [2.75, 3.05) is 39.8 Å². The molecule has 0 bridgehead atoms. The molecule has 1 fully saturated rings. The average molecular weight is 355 g/mol. The maximum absolute atomic E-state index is 11.9. The second kappa shape index (κ2) is 8.06. The average Bonchev–Trinajstić information content (AvgIpc) is 2.63. The van der Waals surface area contributed by atoms with Gasteiger partial charge in [-0.25, -0.2) is 0 Å². The quantitative estimate of drug-likeness (QED) is 0.826. The Morgan fingerprint density at radius 3 is 2.42 bits per heavy atom. The summed E-state index contributed by atoms with van der Waals surface area (Å²) in [5.41, 5.74) is 4.14. The first-order chi connectivity index (χ1) is 12.5. The number of aromatic nitrogens is 1. The maximum Gasteiger partial charge on any atom is 0.253 e. The summed E-state index contributed by atoms with van der Waals surface area (Å²) in [6.45, 7) is 9.83. The summed E-state index contributed by atoms with van der Waals surface area (Å²) in [4.78, 5) is 16.8. The summed E-state index contributed by atoms with van der Waals surface area (Å²) in [6, 6.07) is 8.36. The van der Waals surface area contributed by atoms with E-state index in [1.807, 2.05) is 26.1 Å². The largest absolute Gasteiger partial charge is 0.494 e. The van der Waals surface area contributed by atoms with E-state index in [2.05, 4.69) is 35.0 Å². The third-order valence-electron chi connectivity index (χ3n) is 5.05. The van der Waals surface area contributed by atoms with Crippen molar-refractivity contribution in [2.45, 2.75) is 20.4 Å². The van der Waals surface area contributed by atoms with E-state index in [-0.39, 0.29) is 5.56 Å². The highest BCUT2D eigenvalue weighted by molar-refractivity contribution is 5.66. The highest BCUT2D eigenvalue weighted by atomic mass is 16.5. The number of piperazine rings is 1. The van der Waals surface area contributed by atoms with Crippen molar-refractivity contribution in [3.8, 4) is 16.9 Å². The maximum atomic E-state index is 11.9. The molecule has 2 aromatic rings. The Morgan fingerprint density at radius 1 is 1.04 bits per heavy atom. The molecule has 0 aliphatic carbocycles. The van der Waals surface area contributed by atoms with Crippen LogP contribution in [-0.2, 0) is 13.6 Å². The zero-order chi connectivity index (χ0) is 18.7. The molecule has 5 heteroatoms. The number of ether oxygens (including phenoxy) is 1. The molecule has 0 spiro atoms. The van der Waals surface area contributed by atoms with E-state index in [1.54, 1.807) is 11.6 Å². The van der Waals surface area contributed by atoms with Crippen LogP contribution in [0.15, 0.2) is 35.3 Å². The molecule has 1 aliphatic rings. The molecule has 0 atom stereocenters. The highest BCUT2D eigenvalue weighted by Crippen LogP contribution is 2.28. The minimum absolute atomic E-state index is 0.0467. The molecule has 0 unspecified atom stereocenters. The van der Waals surface area contributed by atoms with Crippen molar-refractivity contribution < 1.29 is 4.74 Å². The van der Waals surface area contributed by atoms with Crippen molar-refractivity contribution in [3.05, 3.63) is 51.9 Å². The Morgan fingerprint density at radius 2 is 1.77 bits per heavy atom. The molecule has 1 saturated heterocycles. The normalized spacial score (nSPS) is 16.0. The molecule has 0 amide bonds. The molecule has 0 radical (unpaired) electrons. The predicted octanol–water partition coefficient (Wildman–Crippen LogP) is 2.51. The SMILES string of the molecule is CCOc1cc(-c2cc(C)c(=O)n(C)c2)ccc1CN1CCN(C)CC1. The van der Waals surface area contributed by atoms with E-state index in [0.717, 1.165) is 55.2 Å². The van der Waals surface area contributed by atoms with E-state index in [4.69, 9.17) is 4.74 Å². The fourth-order valence-corrected chi connectivity index (χ4v) is 3.44. The van der Waals surface area contributed by atoms with Gasteiger partial charge in [-0.3, -0.25) is 9.69 Å². The number of benzene rings is 1. The van der Waals surface area contributed by atoms with Crippen LogP contribution in [0.5, 0.6) is 5.75 Å². The molecule has 1 aliphatic heterocycles. The minimum Gasteiger partial charge on any atom is -0.494 e. The number of likely N-dealkylation sites (N-methyl/N-ethyl adjacent to an activating group) is 1. The van der Waals surface area contributed by atoms with Crippen LogP contribution < -0.4 is 10.3 Å². The number of aryl methyl sites for hydroxylation is 2. The van der Waals surface area contributed by atoms with Crippen LogP contribution in [0.25, 0.3) is 11.1 Å². The highest BCUT2D eigenvalue weighted by Gasteiger charge is 2.16. The molecule has 1 aromatic carbocycles. The molecule has 5 nitrogen and oxygen atoms in total. The number of pyridine rings is 1. The van der Waals surface area contributed by atoms with Crippen molar-refractivity contribution in [2.24, 2.45) is 7.05 Å². The molecule has 3 rings (SSSR count). The zero-order valence-corrected chi connectivity index (χ0v) is 16.3. The van der Waals surface area contributed by atoms with Gasteiger partial charge in [0, 0.05) is 57.1 Å². The molecule has 26 heavy (non-hydrogen) atoms. The van der Waals surface area contributed by atoms with Gasteiger partial charge < -0.3 is 14.2 Å². The summed E-state index contributed by atoms with van der Waals surface area (Å²) in [6.07, 6.45) is 1.89. The van der Waals surface area contributed by atoms with Gasteiger partial charge >= 0.3 is 0 Å². The minimum atomic E-state index is 0.0467. The Kier molecular flexibility index (Phi) is 5.79. The summed E-state index contributed by atoms with van der Waals surface area (Å²) in [5, 5.41) is 0. The van der Waals surface area contributed by atoms with Gasteiger partial charge in [0.2, 0.25) is 0 Å². The molecule has 0 N–H and O–H groups in total. The third-order valence-corrected chi connectivity index (χ3v) is 5.05. The van der Waals surface area contributed by atoms with Crippen LogP contribution in [-0.4, -0.2) is 54.2 Å². The molecule has 2 heterocycles. The van der Waals surface area contributed by atoms with Crippen LogP contribution in [0.4, 0.5) is 0 Å². The van der Waals surface area contributed by atoms with Gasteiger partial charge in [-0.1, -0.05) is 12.1 Å². The van der Waals surface area contributed by atoms with Crippen LogP contribution in [0, 0.1) is 6.92 Å². The Balaban J connectivity index is 1.88. The number of hydrogen-bond donors (Lipinski definition) is 0. The standard InChI is InChI=1S/C21H29N3O2/c1-5-26-20-13-17(19-12-16(2)21(25)23(4)14-19)6-7-18(20)15-24-10-8-22(3)9-11-24/h6-7,12-14H,5,8-11,15H2,1-4H3. The second-order valence-corrected chi connectivity index (χ2v) is 7.16. The molecule has 140 valence electrons. The molecular formula is C21H29N3O2. The lowest BCUT2D eigenvalue weighted by molar-refractivity contribution is 0.146. The predicted molar refractivity (Wildman–Crippen MR) is 106 cm³/mol. The fourth-order valence-electron chi connectivity index (χ4n) is 3.44. The van der Waals surface area contributed by atoms with Crippen molar-refractivity contribution in [3.63, 3.8) is 0 Å². The van der Waals surface area contributed by atoms with Gasteiger partial charge in [-0.05, 0) is 44.2 Å². The number of nitrogens with zero attached hydrogens (tertiary/aromatic N) is 3. The molecular weight excluding hydrogens is 326 g/mol. The van der Waals surface area contributed by atoms with Gasteiger partial charge in [0.05, 0.1) is 6.61 Å². The van der Waals surface area contributed by atoms with Crippen LogP contribution >= 0.6 is 0 Å². The summed E-state index contributed by atoms with van der Waals surface area (Å²) in [5.74, 6) is 0.940. The number of hydrogen-bond acceptors (Lipinski definition) is 4. The first-order valence-corrected chi connectivity index (χ1v) is 9.32. The van der Waals surface area contributed by atoms with Crippen molar-refractivity contribution >= 4 is 0 Å². The lowest BCUT2D eigenvalue weighted by Crippen LogP contribution is -2.43. The van der Waals surface area contributed by atoms with Gasteiger partial charge in [0.1, 0.15) is 5.75 Å². The Labute approximate surface area is 155 Å². The van der Waals surface area contributed by atoms with Crippen LogP contribution in [0.1, 0.15) is 18.1 Å². The third kappa shape index (κ3) is 4.17. The van der Waals surface area contributed by atoms with Gasteiger partial charge in [0.25, 0.3) is 5.56 Å². The smallest absolute Gasteiger partial charge is 0.253 e. The summed E-state index contributed by atoms with van der Waals surface area (Å²) >= 11 is 0. The van der Waals surface area contributed by atoms with E-state index < -0.39 is 0 Å². The van der Waals surface area contributed by atoms with E-state index in [1.165, 1.54) is 5.56 Å². The number of rotatable bonds is 5. The fraction of sp³-hybridized carbons (Fsp3) is 0.476. The molecule has 1 aromatic heterocycles. The lowest BCUT2D eigenvalue weighted by atomic mass is 10.0. The van der Waals surface area contributed by atoms with E-state index in [9.17, 15) is 4.79 Å². The first kappa shape index (κ1) is 18.7. The van der Waals surface area contributed by atoms with E-state index >= 15 is 0 Å². The summed E-state index contributed by atoms with van der Waals surface area (Å²) < 4.78 is 7.58. The van der Waals surface area contributed by atoms with Crippen LogP contribution in [0.2, 0.25) is 0 Å². The topological polar surface area (TPSA) is 37.7 Å². The van der Waals surface area contributed by atoms with E-state index in [0.29, 0.717) is 6.61 Å². The van der Waals surface area contributed by atoms with Gasteiger partial charge in [0.15, 0.2) is 0 Å². The van der Waals surface area contributed by atoms with Crippen molar-refractivity contribution in [1.82, 2.24) is 14.4 Å². The first-order valence-electron chi connectivity index (χ1n) is 9.32. The molecule has 0 saturated carbocycles. The van der Waals surface area contributed by atoms with Crippen molar-refractivity contribution in [1.29, 1.82) is 0 Å². The van der Waals surface area contributed by atoms with Gasteiger partial charge in [-0.2, -0.15) is 0 Å². The van der Waals surface area contributed by atoms with Crippen LogP contribution in [0.3, 0.4) is 0 Å². The zero-order valence-electron chi connectivity index (χ0n) is 16.3. The Bertz CT molecular complexity index is 794. The summed E-state index contributed by atoms with van der Waals surface area (Å²) in [7, 11) is 3.97. The Hall–Kier alpha value is -2.11. The van der Waals surface area contributed by atoms with Gasteiger partial charge in [-0.15, -0.1) is 0 Å².